The molecule has 1 aliphatic heterocycles. The number of aliphatic carboxylic acids is 1. The molecule has 2 atom stereocenters. The van der Waals surface area contributed by atoms with E-state index in [4.69, 9.17) is 5.11 Å². The first-order chi connectivity index (χ1) is 6.56. The Morgan fingerprint density at radius 3 is 2.64 bits per heavy atom. The van der Waals surface area contributed by atoms with E-state index >= 15 is 0 Å². The number of hydrogen-bond donors (Lipinski definition) is 1. The number of carboxylic acid groups (broad SMARTS) is 1. The van der Waals surface area contributed by atoms with Crippen LogP contribution in [0.3, 0.4) is 0 Å². The van der Waals surface area contributed by atoms with Gasteiger partial charge in [0.25, 0.3) is 0 Å². The number of esters is 1. The Balaban J connectivity index is 2.51. The molecule has 0 aromatic heterocycles. The van der Waals surface area contributed by atoms with Gasteiger partial charge in [-0.1, -0.05) is 0 Å². The van der Waals surface area contributed by atoms with Crippen molar-refractivity contribution in [3.8, 4) is 0 Å². The minimum Gasteiger partial charge on any atom is -0.481 e. The van der Waals surface area contributed by atoms with Crippen LogP contribution in [0.5, 0.6) is 0 Å². The molecule has 0 spiro atoms. The fourth-order valence-corrected chi connectivity index (χ4v) is 1.79. The van der Waals surface area contributed by atoms with Crippen molar-refractivity contribution >= 4 is 11.9 Å². The molecule has 0 aromatic rings. The van der Waals surface area contributed by atoms with Crippen LogP contribution >= 0.6 is 0 Å². The van der Waals surface area contributed by atoms with Crippen molar-refractivity contribution in [3.05, 3.63) is 0 Å². The topological polar surface area (TPSA) is 66.8 Å². The lowest BCUT2D eigenvalue weighted by molar-refractivity contribution is -0.145. The van der Waals surface area contributed by atoms with E-state index in [1.165, 1.54) is 7.11 Å². The quantitative estimate of drug-likeness (QED) is 0.649. The second kappa shape index (κ2) is 4.41. The molecule has 0 aromatic carbocycles. The highest BCUT2D eigenvalue weighted by molar-refractivity contribution is 5.73. The van der Waals surface area contributed by atoms with Gasteiger partial charge in [0.2, 0.25) is 0 Å². The van der Waals surface area contributed by atoms with E-state index in [0.29, 0.717) is 13.0 Å². The monoisotopic (exact) mass is 201 g/mol. The molecule has 0 aliphatic carbocycles. The number of carboxylic acids is 1. The molecule has 5 nitrogen and oxygen atoms in total. The molecule has 1 aliphatic rings. The third-order valence-electron chi connectivity index (χ3n) is 2.76. The van der Waals surface area contributed by atoms with E-state index in [-0.39, 0.29) is 24.5 Å². The molecule has 0 saturated carbocycles. The van der Waals surface area contributed by atoms with E-state index in [9.17, 15) is 9.59 Å². The van der Waals surface area contributed by atoms with Gasteiger partial charge in [-0.15, -0.1) is 0 Å². The van der Waals surface area contributed by atoms with Crippen molar-refractivity contribution < 1.29 is 19.4 Å². The van der Waals surface area contributed by atoms with Crippen LogP contribution in [0.25, 0.3) is 0 Å². The summed E-state index contributed by atoms with van der Waals surface area (Å²) in [5.41, 5.74) is 0. The summed E-state index contributed by atoms with van der Waals surface area (Å²) >= 11 is 0. The van der Waals surface area contributed by atoms with E-state index in [1.807, 2.05) is 11.8 Å². The number of methoxy groups -OCH3 is 1. The van der Waals surface area contributed by atoms with Crippen molar-refractivity contribution in [3.63, 3.8) is 0 Å². The summed E-state index contributed by atoms with van der Waals surface area (Å²) in [5, 5.41) is 8.85. The molecule has 0 bridgehead atoms. The molecule has 0 amide bonds. The zero-order valence-electron chi connectivity index (χ0n) is 8.40. The third kappa shape index (κ3) is 2.23. The number of carbonyl (C=O) groups excluding carboxylic acids is 1. The van der Waals surface area contributed by atoms with Gasteiger partial charge in [-0.2, -0.15) is 0 Å². The maximum atomic E-state index is 11.0. The molecule has 2 unspecified atom stereocenters. The van der Waals surface area contributed by atoms with Gasteiger partial charge in [-0.3, -0.25) is 14.5 Å². The fourth-order valence-electron chi connectivity index (χ4n) is 1.79. The van der Waals surface area contributed by atoms with Gasteiger partial charge in [0.15, 0.2) is 0 Å². The minimum atomic E-state index is -0.787. The van der Waals surface area contributed by atoms with Crippen molar-refractivity contribution in [2.75, 3.05) is 20.2 Å². The summed E-state index contributed by atoms with van der Waals surface area (Å²) in [6.07, 6.45) is 0.605. The number of carbonyl (C=O) groups is 2. The Bertz CT molecular complexity index is 241. The van der Waals surface area contributed by atoms with Gasteiger partial charge in [-0.25, -0.2) is 0 Å². The summed E-state index contributed by atoms with van der Waals surface area (Å²) in [6.45, 7) is 2.66. The Morgan fingerprint density at radius 1 is 1.57 bits per heavy atom. The number of ether oxygens (including phenoxy) is 1. The Morgan fingerprint density at radius 2 is 2.21 bits per heavy atom. The Hall–Kier alpha value is -1.10. The molecule has 80 valence electrons. The highest BCUT2D eigenvalue weighted by atomic mass is 16.5. The van der Waals surface area contributed by atoms with Crippen LogP contribution in [0, 0.1) is 5.92 Å². The second-order valence-corrected chi connectivity index (χ2v) is 3.52. The van der Waals surface area contributed by atoms with Crippen LogP contribution in [0.2, 0.25) is 0 Å². The normalized spacial score (nSPS) is 27.6. The van der Waals surface area contributed by atoms with E-state index in [2.05, 4.69) is 4.74 Å². The standard InChI is InChI=1S/C9H15NO4/c1-6-7(9(12)13)3-4-10(6)5-8(11)14-2/h6-7H,3-5H2,1-2H3,(H,12,13). The van der Waals surface area contributed by atoms with Crippen molar-refractivity contribution in [1.29, 1.82) is 0 Å². The summed E-state index contributed by atoms with van der Waals surface area (Å²) in [7, 11) is 1.33. The second-order valence-electron chi connectivity index (χ2n) is 3.52. The van der Waals surface area contributed by atoms with Crippen LogP contribution in [-0.2, 0) is 14.3 Å². The molecular weight excluding hydrogens is 186 g/mol. The third-order valence-corrected chi connectivity index (χ3v) is 2.76. The van der Waals surface area contributed by atoms with Gasteiger partial charge in [0.1, 0.15) is 0 Å². The summed E-state index contributed by atoms with van der Waals surface area (Å²) in [4.78, 5) is 23.6. The SMILES string of the molecule is COC(=O)CN1CCC(C(=O)O)C1C. The number of rotatable bonds is 3. The van der Waals surface area contributed by atoms with Gasteiger partial charge < -0.3 is 9.84 Å². The van der Waals surface area contributed by atoms with Gasteiger partial charge in [0, 0.05) is 6.04 Å². The minimum absolute atomic E-state index is 0.0911. The average molecular weight is 201 g/mol. The van der Waals surface area contributed by atoms with Crippen LogP contribution in [0.4, 0.5) is 0 Å². The molecule has 1 rings (SSSR count). The molecule has 1 heterocycles. The van der Waals surface area contributed by atoms with Crippen LogP contribution in [0.1, 0.15) is 13.3 Å². The lowest BCUT2D eigenvalue weighted by Gasteiger charge is -2.21. The molecule has 1 N–H and O–H groups in total. The van der Waals surface area contributed by atoms with Crippen LogP contribution in [-0.4, -0.2) is 48.2 Å². The Labute approximate surface area is 82.6 Å². The van der Waals surface area contributed by atoms with Crippen molar-refractivity contribution in [2.45, 2.75) is 19.4 Å². The lowest BCUT2D eigenvalue weighted by Crippen LogP contribution is -2.36. The molecular formula is C9H15NO4. The maximum absolute atomic E-state index is 11.0. The van der Waals surface area contributed by atoms with E-state index in [0.717, 1.165) is 0 Å². The molecule has 1 fully saturated rings. The highest BCUT2D eigenvalue weighted by Crippen LogP contribution is 2.23. The summed E-state index contributed by atoms with van der Waals surface area (Å²) in [5.74, 6) is -1.47. The summed E-state index contributed by atoms with van der Waals surface area (Å²) < 4.78 is 4.53. The molecule has 5 heteroatoms. The first-order valence-electron chi connectivity index (χ1n) is 4.60. The number of likely N-dealkylation sites (tertiary alicyclic amines) is 1. The van der Waals surface area contributed by atoms with Gasteiger partial charge in [0.05, 0.1) is 19.6 Å². The van der Waals surface area contributed by atoms with E-state index < -0.39 is 5.97 Å². The predicted octanol–water partition coefficient (Wildman–Crippen LogP) is -0.0456. The molecule has 0 radical (unpaired) electrons. The highest BCUT2D eigenvalue weighted by Gasteiger charge is 2.36. The Kier molecular flexibility index (Phi) is 3.46. The number of nitrogens with zero attached hydrogens (tertiary/aromatic N) is 1. The zero-order valence-corrected chi connectivity index (χ0v) is 8.40. The zero-order chi connectivity index (χ0) is 10.7. The summed E-state index contributed by atoms with van der Waals surface area (Å²) in [6, 6.07) is -0.0911. The van der Waals surface area contributed by atoms with Crippen LogP contribution in [0.15, 0.2) is 0 Å². The average Bonchev–Trinajstić information content (AvgIpc) is 2.48. The first kappa shape index (κ1) is 11.0. The van der Waals surface area contributed by atoms with E-state index in [1.54, 1.807) is 0 Å². The largest absolute Gasteiger partial charge is 0.481 e. The smallest absolute Gasteiger partial charge is 0.319 e. The van der Waals surface area contributed by atoms with Crippen molar-refractivity contribution in [2.24, 2.45) is 5.92 Å². The predicted molar refractivity (Wildman–Crippen MR) is 48.8 cm³/mol. The van der Waals surface area contributed by atoms with Gasteiger partial charge >= 0.3 is 11.9 Å². The maximum Gasteiger partial charge on any atom is 0.319 e. The lowest BCUT2D eigenvalue weighted by atomic mass is 10.0. The van der Waals surface area contributed by atoms with Crippen molar-refractivity contribution in [1.82, 2.24) is 4.90 Å². The van der Waals surface area contributed by atoms with Crippen LogP contribution < -0.4 is 0 Å². The molecule has 14 heavy (non-hydrogen) atoms. The first-order valence-corrected chi connectivity index (χ1v) is 4.60. The van der Waals surface area contributed by atoms with Gasteiger partial charge in [-0.05, 0) is 19.9 Å². The molecule has 1 saturated heterocycles. The number of hydrogen-bond acceptors (Lipinski definition) is 4. The fraction of sp³-hybridized carbons (Fsp3) is 0.778.